The summed E-state index contributed by atoms with van der Waals surface area (Å²) in [4.78, 5) is 16.7. The third kappa shape index (κ3) is 4.32. The Balaban J connectivity index is 1.25. The largest absolute Gasteiger partial charge is 0.368 e. The maximum atomic E-state index is 12.6. The van der Waals surface area contributed by atoms with E-state index in [0.29, 0.717) is 22.2 Å². The molecule has 2 aliphatic rings. The molecule has 2 aliphatic carbocycles. The van der Waals surface area contributed by atoms with Gasteiger partial charge in [-0.2, -0.15) is 5.10 Å². The molecular formula is C21H28ClN5O. The SMILES string of the molecule is Cc1ncc(Cl)cc1C(=O)NC1CCC(CNc2n[nH]c3c2CCCC3)CC1. The average molecular weight is 402 g/mol. The summed E-state index contributed by atoms with van der Waals surface area (Å²) in [7, 11) is 0. The van der Waals surface area contributed by atoms with Crippen LogP contribution in [0.5, 0.6) is 0 Å². The van der Waals surface area contributed by atoms with Gasteiger partial charge in [-0.25, -0.2) is 0 Å². The number of nitrogens with one attached hydrogen (secondary N) is 3. The van der Waals surface area contributed by atoms with Crippen molar-refractivity contribution in [1.82, 2.24) is 20.5 Å². The second-order valence-electron chi connectivity index (χ2n) is 8.09. The van der Waals surface area contributed by atoms with E-state index < -0.39 is 0 Å². The van der Waals surface area contributed by atoms with E-state index in [1.54, 1.807) is 12.3 Å². The number of halogens is 1. The first kappa shape index (κ1) is 19.2. The summed E-state index contributed by atoms with van der Waals surface area (Å²) in [5.41, 5.74) is 3.98. The fourth-order valence-corrected chi connectivity index (χ4v) is 4.54. The van der Waals surface area contributed by atoms with Gasteiger partial charge in [-0.3, -0.25) is 14.9 Å². The lowest BCUT2D eigenvalue weighted by Gasteiger charge is -2.29. The Hall–Kier alpha value is -2.08. The van der Waals surface area contributed by atoms with Crippen molar-refractivity contribution in [2.75, 3.05) is 11.9 Å². The summed E-state index contributed by atoms with van der Waals surface area (Å²) < 4.78 is 0. The van der Waals surface area contributed by atoms with Gasteiger partial charge in [-0.1, -0.05) is 11.6 Å². The Bertz CT molecular complexity index is 841. The molecule has 3 N–H and O–H groups in total. The zero-order valence-electron chi connectivity index (χ0n) is 16.4. The van der Waals surface area contributed by atoms with Crippen molar-refractivity contribution in [2.45, 2.75) is 64.3 Å². The fourth-order valence-electron chi connectivity index (χ4n) is 4.38. The predicted octanol–water partition coefficient (Wildman–Crippen LogP) is 4.05. The first-order valence-corrected chi connectivity index (χ1v) is 10.7. The molecule has 1 fully saturated rings. The number of aryl methyl sites for hydroxylation is 2. The molecule has 1 amide bonds. The van der Waals surface area contributed by atoms with Crippen LogP contribution >= 0.6 is 11.6 Å². The molecular weight excluding hydrogens is 374 g/mol. The van der Waals surface area contributed by atoms with E-state index in [4.69, 9.17) is 11.6 Å². The molecule has 6 nitrogen and oxygen atoms in total. The van der Waals surface area contributed by atoms with Crippen LogP contribution in [-0.4, -0.2) is 33.7 Å². The number of fused-ring (bicyclic) bond motifs is 1. The molecule has 4 rings (SSSR count). The fraction of sp³-hybridized carbons (Fsp3) is 0.571. The van der Waals surface area contributed by atoms with Gasteiger partial charge in [-0.05, 0) is 70.3 Å². The number of aromatic nitrogens is 3. The monoisotopic (exact) mass is 401 g/mol. The number of amides is 1. The number of nitrogens with zero attached hydrogens (tertiary/aromatic N) is 2. The molecule has 0 aromatic carbocycles. The van der Waals surface area contributed by atoms with Crippen LogP contribution in [0.3, 0.4) is 0 Å². The Labute approximate surface area is 170 Å². The molecule has 0 unspecified atom stereocenters. The quantitative estimate of drug-likeness (QED) is 0.705. The van der Waals surface area contributed by atoms with Crippen LogP contribution in [0.1, 0.15) is 65.8 Å². The average Bonchev–Trinajstić information content (AvgIpc) is 3.12. The topological polar surface area (TPSA) is 82.7 Å². The van der Waals surface area contributed by atoms with Crippen LogP contribution < -0.4 is 10.6 Å². The minimum Gasteiger partial charge on any atom is -0.368 e. The Morgan fingerprint density at radius 3 is 2.86 bits per heavy atom. The zero-order valence-corrected chi connectivity index (χ0v) is 17.1. The Kier molecular flexibility index (Phi) is 5.85. The zero-order chi connectivity index (χ0) is 19.5. The molecule has 2 aromatic heterocycles. The van der Waals surface area contributed by atoms with E-state index in [1.165, 1.54) is 24.1 Å². The molecule has 150 valence electrons. The van der Waals surface area contributed by atoms with E-state index in [0.717, 1.165) is 50.9 Å². The van der Waals surface area contributed by atoms with Gasteiger partial charge in [-0.15, -0.1) is 0 Å². The summed E-state index contributed by atoms with van der Waals surface area (Å²) in [6.07, 6.45) is 10.6. The van der Waals surface area contributed by atoms with Gasteiger partial charge in [0.05, 0.1) is 16.3 Å². The maximum Gasteiger partial charge on any atom is 0.253 e. The van der Waals surface area contributed by atoms with Crippen molar-refractivity contribution in [3.8, 4) is 0 Å². The molecule has 0 aliphatic heterocycles. The van der Waals surface area contributed by atoms with E-state index in [1.807, 2.05) is 6.92 Å². The highest BCUT2D eigenvalue weighted by Crippen LogP contribution is 2.28. The van der Waals surface area contributed by atoms with E-state index in [9.17, 15) is 4.79 Å². The number of carbonyl (C=O) groups excluding carboxylic acids is 1. The van der Waals surface area contributed by atoms with Crippen LogP contribution in [0.25, 0.3) is 0 Å². The maximum absolute atomic E-state index is 12.6. The second-order valence-corrected chi connectivity index (χ2v) is 8.53. The molecule has 28 heavy (non-hydrogen) atoms. The molecule has 2 heterocycles. The highest BCUT2D eigenvalue weighted by molar-refractivity contribution is 6.30. The number of rotatable bonds is 5. The van der Waals surface area contributed by atoms with Gasteiger partial charge < -0.3 is 10.6 Å². The van der Waals surface area contributed by atoms with Crippen molar-refractivity contribution in [1.29, 1.82) is 0 Å². The van der Waals surface area contributed by atoms with E-state index in [-0.39, 0.29) is 11.9 Å². The second kappa shape index (κ2) is 8.52. The number of carbonyl (C=O) groups is 1. The molecule has 1 saturated carbocycles. The third-order valence-corrected chi connectivity index (χ3v) is 6.30. The number of anilines is 1. The van der Waals surface area contributed by atoms with Crippen molar-refractivity contribution in [2.24, 2.45) is 5.92 Å². The molecule has 0 saturated heterocycles. The molecule has 2 aromatic rings. The van der Waals surface area contributed by atoms with Gasteiger partial charge >= 0.3 is 0 Å². The van der Waals surface area contributed by atoms with Crippen molar-refractivity contribution in [3.63, 3.8) is 0 Å². The van der Waals surface area contributed by atoms with Gasteiger partial charge in [0.25, 0.3) is 5.91 Å². The lowest BCUT2D eigenvalue weighted by molar-refractivity contribution is 0.0921. The van der Waals surface area contributed by atoms with Gasteiger partial charge in [0.2, 0.25) is 0 Å². The molecule has 7 heteroatoms. The Morgan fingerprint density at radius 2 is 2.04 bits per heavy atom. The summed E-state index contributed by atoms with van der Waals surface area (Å²) in [6.45, 7) is 2.79. The van der Waals surface area contributed by atoms with Crippen LogP contribution in [0.4, 0.5) is 5.82 Å². The number of aromatic amines is 1. The standard InChI is InChI=1S/C21H28ClN5O/c1-13-18(10-15(22)12-23-13)21(28)25-16-8-6-14(7-9-16)11-24-20-17-4-2-3-5-19(17)26-27-20/h10,12,14,16H,2-9,11H2,1H3,(H,25,28)(H2,24,26,27). The summed E-state index contributed by atoms with van der Waals surface area (Å²) in [6, 6.07) is 1.92. The van der Waals surface area contributed by atoms with Gasteiger partial charge in [0.15, 0.2) is 5.82 Å². The van der Waals surface area contributed by atoms with Crippen molar-refractivity contribution < 1.29 is 4.79 Å². The van der Waals surface area contributed by atoms with Gasteiger partial charge in [0.1, 0.15) is 0 Å². The number of H-pyrrole nitrogens is 1. The highest BCUT2D eigenvalue weighted by Gasteiger charge is 2.24. The lowest BCUT2D eigenvalue weighted by atomic mass is 9.85. The number of hydrogen-bond donors (Lipinski definition) is 3. The number of hydrogen-bond acceptors (Lipinski definition) is 4. The minimum atomic E-state index is -0.0720. The highest BCUT2D eigenvalue weighted by atomic mass is 35.5. The number of pyridine rings is 1. The summed E-state index contributed by atoms with van der Waals surface area (Å²) >= 11 is 5.99. The van der Waals surface area contributed by atoms with Crippen LogP contribution in [0.15, 0.2) is 12.3 Å². The van der Waals surface area contributed by atoms with E-state index in [2.05, 4.69) is 25.8 Å². The van der Waals surface area contributed by atoms with Crippen LogP contribution in [0, 0.1) is 12.8 Å². The normalized spacial score (nSPS) is 21.8. The first-order chi connectivity index (χ1) is 13.6. The van der Waals surface area contributed by atoms with Crippen LogP contribution in [-0.2, 0) is 12.8 Å². The molecule has 0 spiro atoms. The van der Waals surface area contributed by atoms with Crippen molar-refractivity contribution >= 4 is 23.3 Å². The third-order valence-electron chi connectivity index (χ3n) is 6.09. The minimum absolute atomic E-state index is 0.0720. The molecule has 0 radical (unpaired) electrons. The smallest absolute Gasteiger partial charge is 0.253 e. The summed E-state index contributed by atoms with van der Waals surface area (Å²) in [5, 5.41) is 14.9. The van der Waals surface area contributed by atoms with E-state index >= 15 is 0 Å². The first-order valence-electron chi connectivity index (χ1n) is 10.3. The Morgan fingerprint density at radius 1 is 1.25 bits per heavy atom. The van der Waals surface area contributed by atoms with Gasteiger partial charge in [0, 0.05) is 30.0 Å². The lowest BCUT2D eigenvalue weighted by Crippen LogP contribution is -2.38. The van der Waals surface area contributed by atoms with Crippen LogP contribution in [0.2, 0.25) is 5.02 Å². The summed E-state index contributed by atoms with van der Waals surface area (Å²) in [5.74, 6) is 1.60. The molecule has 0 atom stereocenters. The molecule has 0 bridgehead atoms. The van der Waals surface area contributed by atoms with Crippen molar-refractivity contribution in [3.05, 3.63) is 39.8 Å². The predicted molar refractivity (Wildman–Crippen MR) is 111 cm³/mol.